The van der Waals surface area contributed by atoms with E-state index in [9.17, 15) is 4.79 Å². The highest BCUT2D eigenvalue weighted by molar-refractivity contribution is 5.91. The zero-order valence-corrected chi connectivity index (χ0v) is 10.4. The van der Waals surface area contributed by atoms with Crippen LogP contribution in [0.3, 0.4) is 0 Å². The molecular weight excluding hydrogens is 224 g/mol. The number of fused-ring (bicyclic) bond motifs is 1. The molecule has 2 nitrogen and oxygen atoms in total. The summed E-state index contributed by atoms with van der Waals surface area (Å²) < 4.78 is 5.10. The number of carbonyl (C=O) groups is 1. The SMILES string of the molecule is C=CCOC(=O)C(C)c1cccc2ccccc12. The first-order valence-electron chi connectivity index (χ1n) is 5.99. The van der Waals surface area contributed by atoms with Crippen molar-refractivity contribution in [2.45, 2.75) is 12.8 Å². The molecule has 2 heteroatoms. The summed E-state index contributed by atoms with van der Waals surface area (Å²) in [5.41, 5.74) is 1.00. The first-order valence-corrected chi connectivity index (χ1v) is 5.99. The number of carbonyl (C=O) groups excluding carboxylic acids is 1. The van der Waals surface area contributed by atoms with Crippen LogP contribution in [0.2, 0.25) is 0 Å². The van der Waals surface area contributed by atoms with E-state index in [2.05, 4.69) is 6.58 Å². The summed E-state index contributed by atoms with van der Waals surface area (Å²) in [4.78, 5) is 11.9. The zero-order valence-electron chi connectivity index (χ0n) is 10.4. The molecule has 2 rings (SSSR count). The number of benzene rings is 2. The highest BCUT2D eigenvalue weighted by Gasteiger charge is 2.18. The molecule has 0 N–H and O–H groups in total. The first kappa shape index (κ1) is 12.4. The highest BCUT2D eigenvalue weighted by Crippen LogP contribution is 2.26. The van der Waals surface area contributed by atoms with Crippen molar-refractivity contribution in [2.24, 2.45) is 0 Å². The summed E-state index contributed by atoms with van der Waals surface area (Å²) in [6.07, 6.45) is 1.58. The maximum atomic E-state index is 11.9. The summed E-state index contributed by atoms with van der Waals surface area (Å²) in [5.74, 6) is -0.484. The quantitative estimate of drug-likeness (QED) is 0.602. The van der Waals surface area contributed by atoms with Crippen LogP contribution in [0.25, 0.3) is 10.8 Å². The molecular formula is C16H16O2. The van der Waals surface area contributed by atoms with Crippen molar-refractivity contribution in [1.82, 2.24) is 0 Å². The lowest BCUT2D eigenvalue weighted by molar-refractivity contribution is -0.143. The number of esters is 1. The van der Waals surface area contributed by atoms with Crippen LogP contribution in [0, 0.1) is 0 Å². The standard InChI is InChI=1S/C16H16O2/c1-3-11-18-16(17)12(2)14-10-6-8-13-7-4-5-9-15(13)14/h3-10,12H,1,11H2,2H3. The van der Waals surface area contributed by atoms with Gasteiger partial charge in [-0.3, -0.25) is 4.79 Å². The van der Waals surface area contributed by atoms with Crippen molar-refractivity contribution in [3.8, 4) is 0 Å². The van der Waals surface area contributed by atoms with Crippen LogP contribution in [-0.2, 0) is 9.53 Å². The third kappa shape index (κ3) is 2.43. The maximum absolute atomic E-state index is 11.9. The van der Waals surface area contributed by atoms with E-state index >= 15 is 0 Å². The Hall–Kier alpha value is -2.09. The molecule has 0 radical (unpaired) electrons. The molecule has 0 heterocycles. The van der Waals surface area contributed by atoms with E-state index in [-0.39, 0.29) is 18.5 Å². The summed E-state index contributed by atoms with van der Waals surface area (Å²) in [5, 5.41) is 2.24. The largest absolute Gasteiger partial charge is 0.461 e. The third-order valence-corrected chi connectivity index (χ3v) is 2.99. The van der Waals surface area contributed by atoms with Crippen molar-refractivity contribution < 1.29 is 9.53 Å². The zero-order chi connectivity index (χ0) is 13.0. The van der Waals surface area contributed by atoms with Gasteiger partial charge in [0.15, 0.2) is 0 Å². The lowest BCUT2D eigenvalue weighted by Crippen LogP contribution is -2.13. The van der Waals surface area contributed by atoms with E-state index in [1.807, 2.05) is 49.4 Å². The first-order chi connectivity index (χ1) is 8.74. The lowest BCUT2D eigenvalue weighted by Gasteiger charge is -2.13. The molecule has 92 valence electrons. The Bertz CT molecular complexity index is 567. The van der Waals surface area contributed by atoms with Crippen LogP contribution in [0.1, 0.15) is 18.4 Å². The van der Waals surface area contributed by atoms with Crippen LogP contribution < -0.4 is 0 Å². The van der Waals surface area contributed by atoms with Gasteiger partial charge in [-0.2, -0.15) is 0 Å². The summed E-state index contributed by atoms with van der Waals surface area (Å²) in [6.45, 7) is 5.66. The van der Waals surface area contributed by atoms with E-state index in [0.29, 0.717) is 0 Å². The molecule has 0 fully saturated rings. The Morgan fingerprint density at radius 2 is 2.00 bits per heavy atom. The predicted octanol–water partition coefficient (Wildman–Crippen LogP) is 3.67. The minimum Gasteiger partial charge on any atom is -0.461 e. The molecule has 2 aromatic carbocycles. The van der Waals surface area contributed by atoms with Gasteiger partial charge in [0.05, 0.1) is 5.92 Å². The van der Waals surface area contributed by atoms with Gasteiger partial charge in [0, 0.05) is 0 Å². The Balaban J connectivity index is 2.35. The fourth-order valence-corrected chi connectivity index (χ4v) is 2.02. The molecule has 0 amide bonds. The van der Waals surface area contributed by atoms with Gasteiger partial charge in [0.1, 0.15) is 6.61 Å². The molecule has 0 bridgehead atoms. The Labute approximate surface area is 107 Å². The Morgan fingerprint density at radius 3 is 2.78 bits per heavy atom. The van der Waals surface area contributed by atoms with Gasteiger partial charge in [0.25, 0.3) is 0 Å². The minimum absolute atomic E-state index is 0.216. The number of rotatable bonds is 4. The molecule has 0 aliphatic rings. The molecule has 0 aliphatic carbocycles. The molecule has 1 atom stereocenters. The van der Waals surface area contributed by atoms with Crippen LogP contribution in [0.4, 0.5) is 0 Å². The van der Waals surface area contributed by atoms with E-state index in [0.717, 1.165) is 16.3 Å². The van der Waals surface area contributed by atoms with Crippen LogP contribution >= 0.6 is 0 Å². The summed E-state index contributed by atoms with van der Waals surface area (Å²) in [6, 6.07) is 14.0. The molecule has 0 saturated heterocycles. The van der Waals surface area contributed by atoms with Crippen molar-refractivity contribution >= 4 is 16.7 Å². The number of hydrogen-bond acceptors (Lipinski definition) is 2. The minimum atomic E-state index is -0.268. The van der Waals surface area contributed by atoms with Gasteiger partial charge >= 0.3 is 5.97 Å². The lowest BCUT2D eigenvalue weighted by atomic mass is 9.95. The maximum Gasteiger partial charge on any atom is 0.313 e. The van der Waals surface area contributed by atoms with Crippen molar-refractivity contribution in [3.63, 3.8) is 0 Å². The molecule has 18 heavy (non-hydrogen) atoms. The van der Waals surface area contributed by atoms with Crippen molar-refractivity contribution in [2.75, 3.05) is 6.61 Å². The average molecular weight is 240 g/mol. The number of ether oxygens (including phenoxy) is 1. The van der Waals surface area contributed by atoms with Gasteiger partial charge < -0.3 is 4.74 Å². The van der Waals surface area contributed by atoms with E-state index in [1.165, 1.54) is 0 Å². The van der Waals surface area contributed by atoms with Crippen LogP contribution in [-0.4, -0.2) is 12.6 Å². The molecule has 2 aromatic rings. The normalized spacial score (nSPS) is 12.1. The molecule has 0 saturated carbocycles. The van der Waals surface area contributed by atoms with E-state index in [1.54, 1.807) is 6.08 Å². The fourth-order valence-electron chi connectivity index (χ4n) is 2.02. The predicted molar refractivity (Wildman–Crippen MR) is 73.5 cm³/mol. The second-order valence-electron chi connectivity index (χ2n) is 4.21. The van der Waals surface area contributed by atoms with E-state index in [4.69, 9.17) is 4.74 Å². The monoisotopic (exact) mass is 240 g/mol. The van der Waals surface area contributed by atoms with Crippen molar-refractivity contribution in [3.05, 3.63) is 60.7 Å². The average Bonchev–Trinajstić information content (AvgIpc) is 2.43. The molecule has 1 unspecified atom stereocenters. The molecule has 0 aromatic heterocycles. The van der Waals surface area contributed by atoms with Crippen molar-refractivity contribution in [1.29, 1.82) is 0 Å². The van der Waals surface area contributed by atoms with Gasteiger partial charge in [0.2, 0.25) is 0 Å². The Morgan fingerprint density at radius 1 is 1.28 bits per heavy atom. The fraction of sp³-hybridized carbons (Fsp3) is 0.188. The smallest absolute Gasteiger partial charge is 0.313 e. The molecule has 0 spiro atoms. The second kappa shape index (κ2) is 5.50. The van der Waals surface area contributed by atoms with Crippen LogP contribution in [0.5, 0.6) is 0 Å². The van der Waals surface area contributed by atoms with Gasteiger partial charge in [-0.15, -0.1) is 0 Å². The van der Waals surface area contributed by atoms with Gasteiger partial charge in [-0.05, 0) is 23.3 Å². The second-order valence-corrected chi connectivity index (χ2v) is 4.21. The summed E-state index contributed by atoms with van der Waals surface area (Å²) in [7, 11) is 0. The van der Waals surface area contributed by atoms with Gasteiger partial charge in [-0.1, -0.05) is 55.1 Å². The van der Waals surface area contributed by atoms with Crippen LogP contribution in [0.15, 0.2) is 55.1 Å². The topological polar surface area (TPSA) is 26.3 Å². The Kier molecular flexibility index (Phi) is 3.78. The third-order valence-electron chi connectivity index (χ3n) is 2.99. The highest BCUT2D eigenvalue weighted by atomic mass is 16.5. The number of hydrogen-bond donors (Lipinski definition) is 0. The summed E-state index contributed by atoms with van der Waals surface area (Å²) >= 11 is 0. The molecule has 0 aliphatic heterocycles. The van der Waals surface area contributed by atoms with E-state index < -0.39 is 0 Å². The van der Waals surface area contributed by atoms with Gasteiger partial charge in [-0.25, -0.2) is 0 Å².